The maximum Gasteiger partial charge on any atom is 0.233 e. The van der Waals surface area contributed by atoms with E-state index in [0.717, 1.165) is 12.0 Å². The summed E-state index contributed by atoms with van der Waals surface area (Å²) >= 11 is 0. The molecule has 0 saturated carbocycles. The summed E-state index contributed by atoms with van der Waals surface area (Å²) in [6.07, 6.45) is 4.26. The lowest BCUT2D eigenvalue weighted by molar-refractivity contribution is -0.117. The lowest BCUT2D eigenvalue weighted by Gasteiger charge is -2.12. The smallest absolute Gasteiger partial charge is 0.233 e. The summed E-state index contributed by atoms with van der Waals surface area (Å²) in [5.41, 5.74) is 2.30. The van der Waals surface area contributed by atoms with Crippen LogP contribution in [0.3, 0.4) is 0 Å². The molecule has 0 bridgehead atoms. The highest BCUT2D eigenvalue weighted by molar-refractivity contribution is 5.94. The predicted molar refractivity (Wildman–Crippen MR) is 84.1 cm³/mol. The van der Waals surface area contributed by atoms with Gasteiger partial charge in [0.05, 0.1) is 5.92 Å². The first kappa shape index (κ1) is 15.2. The molecule has 1 aromatic carbocycles. The fourth-order valence-electron chi connectivity index (χ4n) is 2.15. The highest BCUT2D eigenvalue weighted by atomic mass is 16.2. The molecule has 0 aliphatic rings. The van der Waals surface area contributed by atoms with E-state index in [9.17, 15) is 4.79 Å². The minimum Gasteiger partial charge on any atom is -0.294 e. The second-order valence-electron chi connectivity index (χ2n) is 5.62. The fourth-order valence-corrected chi connectivity index (χ4v) is 2.15. The van der Waals surface area contributed by atoms with Crippen molar-refractivity contribution in [1.29, 1.82) is 0 Å². The Morgan fingerprint density at radius 1 is 1.10 bits per heavy atom. The maximum atomic E-state index is 12.2. The zero-order valence-electron chi connectivity index (χ0n) is 12.7. The Hall–Kier alpha value is -2.23. The van der Waals surface area contributed by atoms with Crippen molar-refractivity contribution >= 4 is 11.9 Å². The highest BCUT2D eigenvalue weighted by Gasteiger charge is 2.16. The van der Waals surface area contributed by atoms with E-state index in [-0.39, 0.29) is 11.8 Å². The molecule has 0 fully saturated rings. The van der Waals surface area contributed by atoms with E-state index in [1.807, 2.05) is 19.1 Å². The van der Waals surface area contributed by atoms with Gasteiger partial charge in [-0.2, -0.15) is 0 Å². The number of nitrogens with one attached hydrogen (secondary N) is 1. The maximum absolute atomic E-state index is 12.2. The van der Waals surface area contributed by atoms with Gasteiger partial charge in [0.25, 0.3) is 0 Å². The Bertz CT molecular complexity index is 579. The average molecular weight is 283 g/mol. The van der Waals surface area contributed by atoms with Crippen LogP contribution in [0.5, 0.6) is 0 Å². The zero-order valence-corrected chi connectivity index (χ0v) is 12.7. The molecule has 2 aromatic rings. The Morgan fingerprint density at radius 2 is 1.71 bits per heavy atom. The number of nitrogens with zero attached hydrogens (tertiary/aromatic N) is 2. The van der Waals surface area contributed by atoms with Crippen LogP contribution in [0, 0.1) is 5.92 Å². The van der Waals surface area contributed by atoms with Gasteiger partial charge in [-0.1, -0.05) is 38.1 Å². The van der Waals surface area contributed by atoms with Crippen molar-refractivity contribution in [3.8, 4) is 0 Å². The molecule has 0 spiro atoms. The van der Waals surface area contributed by atoms with Crippen molar-refractivity contribution in [3.05, 3.63) is 53.9 Å². The molecule has 2 rings (SSSR count). The number of aromatic nitrogens is 2. The van der Waals surface area contributed by atoms with E-state index in [2.05, 4.69) is 41.3 Å². The van der Waals surface area contributed by atoms with Crippen LogP contribution in [-0.2, 0) is 11.2 Å². The van der Waals surface area contributed by atoms with Crippen LogP contribution in [0.4, 0.5) is 5.95 Å². The van der Waals surface area contributed by atoms with Gasteiger partial charge < -0.3 is 0 Å². The Morgan fingerprint density at radius 3 is 2.29 bits per heavy atom. The number of benzene rings is 1. The van der Waals surface area contributed by atoms with E-state index in [0.29, 0.717) is 11.9 Å². The van der Waals surface area contributed by atoms with Crippen LogP contribution < -0.4 is 5.32 Å². The normalized spacial score (nSPS) is 12.2. The Kier molecular flexibility index (Phi) is 5.04. The topological polar surface area (TPSA) is 54.9 Å². The summed E-state index contributed by atoms with van der Waals surface area (Å²) < 4.78 is 0. The van der Waals surface area contributed by atoms with E-state index in [1.165, 1.54) is 5.56 Å². The number of amides is 1. The Labute approximate surface area is 125 Å². The molecule has 0 aliphatic heterocycles. The first-order valence-electron chi connectivity index (χ1n) is 7.23. The largest absolute Gasteiger partial charge is 0.294 e. The van der Waals surface area contributed by atoms with Gasteiger partial charge in [-0.05, 0) is 36.5 Å². The van der Waals surface area contributed by atoms with Crippen LogP contribution in [0.2, 0.25) is 0 Å². The minimum absolute atomic E-state index is 0.0993. The lowest BCUT2D eigenvalue weighted by Crippen LogP contribution is -2.20. The van der Waals surface area contributed by atoms with Crippen molar-refractivity contribution in [2.45, 2.75) is 33.1 Å². The summed E-state index contributed by atoms with van der Waals surface area (Å²) in [4.78, 5) is 20.2. The summed E-state index contributed by atoms with van der Waals surface area (Å²) in [6.45, 7) is 6.28. The summed E-state index contributed by atoms with van der Waals surface area (Å²) in [7, 11) is 0. The van der Waals surface area contributed by atoms with Gasteiger partial charge >= 0.3 is 0 Å². The number of hydrogen-bond donors (Lipinski definition) is 1. The summed E-state index contributed by atoms with van der Waals surface area (Å²) in [6, 6.07) is 9.95. The van der Waals surface area contributed by atoms with Gasteiger partial charge in [-0.25, -0.2) is 9.97 Å². The van der Waals surface area contributed by atoms with Gasteiger partial charge in [-0.3, -0.25) is 10.1 Å². The first-order valence-corrected chi connectivity index (χ1v) is 7.23. The van der Waals surface area contributed by atoms with Crippen molar-refractivity contribution in [2.24, 2.45) is 5.92 Å². The molecular formula is C17H21N3O. The van der Waals surface area contributed by atoms with Gasteiger partial charge in [0, 0.05) is 12.4 Å². The third-order valence-electron chi connectivity index (χ3n) is 3.32. The number of hydrogen-bond acceptors (Lipinski definition) is 3. The van der Waals surface area contributed by atoms with Gasteiger partial charge in [0.2, 0.25) is 11.9 Å². The van der Waals surface area contributed by atoms with E-state index in [1.54, 1.807) is 18.5 Å². The molecule has 0 radical (unpaired) electrons. The second kappa shape index (κ2) is 6.97. The molecule has 0 unspecified atom stereocenters. The van der Waals surface area contributed by atoms with Gasteiger partial charge in [0.1, 0.15) is 0 Å². The van der Waals surface area contributed by atoms with Gasteiger partial charge in [0.15, 0.2) is 0 Å². The fraction of sp³-hybridized carbons (Fsp3) is 0.353. The van der Waals surface area contributed by atoms with Crippen LogP contribution in [0.15, 0.2) is 42.7 Å². The molecule has 0 saturated heterocycles. The van der Waals surface area contributed by atoms with E-state index >= 15 is 0 Å². The first-order chi connectivity index (χ1) is 10.1. The van der Waals surface area contributed by atoms with Crippen molar-refractivity contribution in [1.82, 2.24) is 9.97 Å². The van der Waals surface area contributed by atoms with Crippen LogP contribution in [0.25, 0.3) is 0 Å². The summed E-state index contributed by atoms with van der Waals surface area (Å²) in [5.74, 6) is 0.636. The quantitative estimate of drug-likeness (QED) is 0.914. The predicted octanol–water partition coefficient (Wildman–Crippen LogP) is 3.42. The van der Waals surface area contributed by atoms with Crippen LogP contribution in [-0.4, -0.2) is 15.9 Å². The third-order valence-corrected chi connectivity index (χ3v) is 3.32. The van der Waals surface area contributed by atoms with Crippen molar-refractivity contribution in [3.63, 3.8) is 0 Å². The van der Waals surface area contributed by atoms with E-state index < -0.39 is 0 Å². The molecule has 4 heteroatoms. The van der Waals surface area contributed by atoms with E-state index in [4.69, 9.17) is 0 Å². The van der Waals surface area contributed by atoms with Gasteiger partial charge in [-0.15, -0.1) is 0 Å². The average Bonchev–Trinajstić information content (AvgIpc) is 2.47. The molecule has 0 aliphatic carbocycles. The van der Waals surface area contributed by atoms with Crippen molar-refractivity contribution < 1.29 is 4.79 Å². The van der Waals surface area contributed by atoms with Crippen LogP contribution >= 0.6 is 0 Å². The zero-order chi connectivity index (χ0) is 15.2. The molecule has 110 valence electrons. The van der Waals surface area contributed by atoms with Crippen molar-refractivity contribution in [2.75, 3.05) is 5.32 Å². The van der Waals surface area contributed by atoms with Crippen LogP contribution in [0.1, 0.15) is 37.8 Å². The minimum atomic E-state index is -0.234. The molecule has 21 heavy (non-hydrogen) atoms. The number of carbonyl (C=O) groups is 1. The third kappa shape index (κ3) is 4.38. The molecule has 1 amide bonds. The highest BCUT2D eigenvalue weighted by Crippen LogP contribution is 2.18. The SMILES string of the molecule is CC(C)Cc1ccc([C@H](C)C(=O)Nc2ncccn2)cc1. The summed E-state index contributed by atoms with van der Waals surface area (Å²) in [5, 5.41) is 2.73. The number of rotatable bonds is 5. The molecule has 4 nitrogen and oxygen atoms in total. The standard InChI is InChI=1S/C17H21N3O/c1-12(2)11-14-5-7-15(8-6-14)13(3)16(21)20-17-18-9-4-10-19-17/h4-10,12-13H,11H2,1-3H3,(H,18,19,20,21)/t13-/m0/s1. The number of carbonyl (C=O) groups excluding carboxylic acids is 1. The molecule has 1 N–H and O–H groups in total. The monoisotopic (exact) mass is 283 g/mol. The molecular weight excluding hydrogens is 262 g/mol. The molecule has 1 atom stereocenters. The molecule has 1 aromatic heterocycles. The molecule has 1 heterocycles. The number of anilines is 1. The lowest BCUT2D eigenvalue weighted by atomic mass is 9.96. The Balaban J connectivity index is 2.02. The second-order valence-corrected chi connectivity index (χ2v) is 5.62.